The van der Waals surface area contributed by atoms with Crippen molar-refractivity contribution in [2.45, 2.75) is 12.0 Å². The Hall–Kier alpha value is -2.20. The maximum Gasteiger partial charge on any atom is 0.307 e. The van der Waals surface area contributed by atoms with Gasteiger partial charge < -0.3 is 10.2 Å². The van der Waals surface area contributed by atoms with Gasteiger partial charge in [0.1, 0.15) is 5.60 Å². The molecular formula is C14H13NO3. The first kappa shape index (κ1) is 12.3. The van der Waals surface area contributed by atoms with E-state index in [1.165, 1.54) is 6.20 Å². The molecule has 0 aliphatic carbocycles. The minimum atomic E-state index is -1.60. The summed E-state index contributed by atoms with van der Waals surface area (Å²) in [5.74, 6) is -1.08. The Labute approximate surface area is 105 Å². The predicted molar refractivity (Wildman–Crippen MR) is 65.9 cm³/mol. The highest BCUT2D eigenvalue weighted by atomic mass is 16.4. The van der Waals surface area contributed by atoms with Gasteiger partial charge in [-0.3, -0.25) is 9.78 Å². The Bertz CT molecular complexity index is 486. The number of benzene rings is 1. The molecule has 0 aliphatic rings. The number of carboxylic acids is 1. The molecule has 0 fully saturated rings. The van der Waals surface area contributed by atoms with E-state index in [1.807, 2.05) is 6.07 Å². The molecule has 1 aromatic carbocycles. The molecule has 0 saturated heterocycles. The fraction of sp³-hybridized carbons (Fsp3) is 0.143. The summed E-state index contributed by atoms with van der Waals surface area (Å²) in [7, 11) is 0. The van der Waals surface area contributed by atoms with Gasteiger partial charge in [0.2, 0.25) is 0 Å². The lowest BCUT2D eigenvalue weighted by Gasteiger charge is -2.26. The summed E-state index contributed by atoms with van der Waals surface area (Å²) in [6.07, 6.45) is 1.11. The van der Waals surface area contributed by atoms with E-state index in [2.05, 4.69) is 4.98 Å². The van der Waals surface area contributed by atoms with Gasteiger partial charge >= 0.3 is 5.97 Å². The summed E-state index contributed by atoms with van der Waals surface area (Å²) in [4.78, 5) is 15.0. The number of hydrogen-bond donors (Lipinski definition) is 2. The second-order valence-corrected chi connectivity index (χ2v) is 4.01. The second kappa shape index (κ2) is 4.98. The minimum absolute atomic E-state index is 0.332. The van der Waals surface area contributed by atoms with Crippen LogP contribution in [0.15, 0.2) is 54.7 Å². The van der Waals surface area contributed by atoms with Crippen molar-refractivity contribution in [3.63, 3.8) is 0 Å². The molecule has 4 heteroatoms. The predicted octanol–water partition coefficient (Wildman–Crippen LogP) is 1.79. The average molecular weight is 243 g/mol. The molecule has 2 aromatic rings. The van der Waals surface area contributed by atoms with Crippen LogP contribution in [0.3, 0.4) is 0 Å². The first-order valence-electron chi connectivity index (χ1n) is 5.54. The van der Waals surface area contributed by atoms with Gasteiger partial charge in [-0.15, -0.1) is 0 Å². The summed E-state index contributed by atoms with van der Waals surface area (Å²) in [6, 6.07) is 13.8. The van der Waals surface area contributed by atoms with Crippen molar-refractivity contribution >= 4 is 5.97 Å². The number of rotatable bonds is 4. The molecule has 4 nitrogen and oxygen atoms in total. The topological polar surface area (TPSA) is 70.4 Å². The third-order valence-corrected chi connectivity index (χ3v) is 2.75. The molecule has 1 aromatic heterocycles. The minimum Gasteiger partial charge on any atom is -0.481 e. The van der Waals surface area contributed by atoms with Gasteiger partial charge in [-0.25, -0.2) is 0 Å². The first-order chi connectivity index (χ1) is 8.63. The molecule has 92 valence electrons. The highest BCUT2D eigenvalue weighted by molar-refractivity contribution is 5.69. The van der Waals surface area contributed by atoms with Crippen LogP contribution in [0.25, 0.3) is 0 Å². The lowest BCUT2D eigenvalue weighted by molar-refractivity contribution is -0.141. The summed E-state index contributed by atoms with van der Waals surface area (Å²) < 4.78 is 0. The van der Waals surface area contributed by atoms with Gasteiger partial charge in [0.15, 0.2) is 0 Å². The highest BCUT2D eigenvalue weighted by Crippen LogP contribution is 2.31. The van der Waals surface area contributed by atoms with Crippen LogP contribution in [0.1, 0.15) is 17.7 Å². The zero-order chi connectivity index (χ0) is 13.0. The van der Waals surface area contributed by atoms with Gasteiger partial charge in [0, 0.05) is 6.20 Å². The zero-order valence-corrected chi connectivity index (χ0v) is 9.65. The SMILES string of the molecule is O=C(O)CC(O)(c1ccccc1)c1ccccn1. The number of aliphatic carboxylic acids is 1. The largest absolute Gasteiger partial charge is 0.481 e. The molecular weight excluding hydrogens is 230 g/mol. The van der Waals surface area contributed by atoms with Crippen LogP contribution >= 0.6 is 0 Å². The van der Waals surface area contributed by atoms with Crippen LogP contribution in [0, 0.1) is 0 Å². The summed E-state index contributed by atoms with van der Waals surface area (Å²) >= 11 is 0. The van der Waals surface area contributed by atoms with Crippen molar-refractivity contribution in [1.82, 2.24) is 4.98 Å². The quantitative estimate of drug-likeness (QED) is 0.858. The molecule has 0 saturated carbocycles. The molecule has 0 aliphatic heterocycles. The van der Waals surface area contributed by atoms with Gasteiger partial charge in [-0.05, 0) is 17.7 Å². The third-order valence-electron chi connectivity index (χ3n) is 2.75. The average Bonchev–Trinajstić information content (AvgIpc) is 2.40. The highest BCUT2D eigenvalue weighted by Gasteiger charge is 2.35. The lowest BCUT2D eigenvalue weighted by Crippen LogP contribution is -2.31. The number of carbonyl (C=O) groups is 1. The first-order valence-corrected chi connectivity index (χ1v) is 5.54. The summed E-state index contributed by atoms with van der Waals surface area (Å²) in [5.41, 5.74) is -0.751. The van der Waals surface area contributed by atoms with E-state index in [0.717, 1.165) is 0 Å². The molecule has 1 heterocycles. The van der Waals surface area contributed by atoms with E-state index in [0.29, 0.717) is 11.3 Å². The van der Waals surface area contributed by atoms with E-state index < -0.39 is 18.0 Å². The Morgan fingerprint density at radius 1 is 1.11 bits per heavy atom. The molecule has 18 heavy (non-hydrogen) atoms. The monoisotopic (exact) mass is 243 g/mol. The van der Waals surface area contributed by atoms with E-state index in [1.54, 1.807) is 42.5 Å². The van der Waals surface area contributed by atoms with Crippen molar-refractivity contribution in [1.29, 1.82) is 0 Å². The standard InChI is InChI=1S/C14H13NO3/c16-13(17)10-14(18,11-6-2-1-3-7-11)12-8-4-5-9-15-12/h1-9,18H,10H2,(H,16,17). The number of nitrogens with zero attached hydrogens (tertiary/aromatic N) is 1. The number of carboxylic acid groups (broad SMARTS) is 1. The van der Waals surface area contributed by atoms with E-state index >= 15 is 0 Å². The number of aromatic nitrogens is 1. The normalized spacial score (nSPS) is 13.8. The second-order valence-electron chi connectivity index (χ2n) is 4.01. The van der Waals surface area contributed by atoms with Crippen LogP contribution in [0.4, 0.5) is 0 Å². The molecule has 2 rings (SSSR count). The fourth-order valence-electron chi connectivity index (χ4n) is 1.88. The fourth-order valence-corrected chi connectivity index (χ4v) is 1.88. The number of hydrogen-bond acceptors (Lipinski definition) is 3. The van der Waals surface area contributed by atoms with Crippen LogP contribution in [-0.2, 0) is 10.4 Å². The van der Waals surface area contributed by atoms with Crippen molar-refractivity contribution in [3.05, 3.63) is 66.0 Å². The Morgan fingerprint density at radius 2 is 1.78 bits per heavy atom. The molecule has 0 radical (unpaired) electrons. The van der Waals surface area contributed by atoms with Crippen molar-refractivity contribution in [2.24, 2.45) is 0 Å². The Balaban J connectivity index is 2.51. The van der Waals surface area contributed by atoms with Gasteiger partial charge in [0.05, 0.1) is 12.1 Å². The van der Waals surface area contributed by atoms with Crippen molar-refractivity contribution in [3.8, 4) is 0 Å². The third kappa shape index (κ3) is 2.38. The van der Waals surface area contributed by atoms with Crippen LogP contribution in [-0.4, -0.2) is 21.2 Å². The van der Waals surface area contributed by atoms with Crippen LogP contribution in [0.5, 0.6) is 0 Å². The maximum absolute atomic E-state index is 11.0. The summed E-state index contributed by atoms with van der Waals surface area (Å²) in [6.45, 7) is 0. The van der Waals surface area contributed by atoms with E-state index in [9.17, 15) is 9.90 Å². The Morgan fingerprint density at radius 3 is 2.33 bits per heavy atom. The Kier molecular flexibility index (Phi) is 3.39. The van der Waals surface area contributed by atoms with Crippen LogP contribution in [0.2, 0.25) is 0 Å². The molecule has 1 unspecified atom stereocenters. The number of aliphatic hydroxyl groups is 1. The summed E-state index contributed by atoms with van der Waals surface area (Å²) in [5, 5.41) is 19.7. The maximum atomic E-state index is 11.0. The lowest BCUT2D eigenvalue weighted by atomic mass is 9.87. The van der Waals surface area contributed by atoms with Gasteiger partial charge in [-0.1, -0.05) is 36.4 Å². The van der Waals surface area contributed by atoms with E-state index in [4.69, 9.17) is 5.11 Å². The molecule has 2 N–H and O–H groups in total. The van der Waals surface area contributed by atoms with E-state index in [-0.39, 0.29) is 0 Å². The molecule has 0 spiro atoms. The molecule has 0 bridgehead atoms. The smallest absolute Gasteiger partial charge is 0.307 e. The van der Waals surface area contributed by atoms with Crippen molar-refractivity contribution in [2.75, 3.05) is 0 Å². The van der Waals surface area contributed by atoms with Crippen molar-refractivity contribution < 1.29 is 15.0 Å². The van der Waals surface area contributed by atoms with Gasteiger partial charge in [-0.2, -0.15) is 0 Å². The van der Waals surface area contributed by atoms with Gasteiger partial charge in [0.25, 0.3) is 0 Å². The number of pyridine rings is 1. The van der Waals surface area contributed by atoms with Crippen LogP contribution < -0.4 is 0 Å². The molecule has 1 atom stereocenters. The zero-order valence-electron chi connectivity index (χ0n) is 9.65. The molecule has 0 amide bonds.